The summed E-state index contributed by atoms with van der Waals surface area (Å²) in [6.45, 7) is 4.01. The van der Waals surface area contributed by atoms with E-state index in [2.05, 4.69) is 11.9 Å². The first-order valence-corrected chi connectivity index (χ1v) is 6.47. The molecule has 0 aliphatic carbocycles. The minimum atomic E-state index is -0.174. The van der Waals surface area contributed by atoms with Gasteiger partial charge in [-0.2, -0.15) is 0 Å². The lowest BCUT2D eigenvalue weighted by Crippen LogP contribution is -2.40. The van der Waals surface area contributed by atoms with Gasteiger partial charge in [0.05, 0.1) is 12.6 Å². The molecule has 0 saturated heterocycles. The zero-order valence-corrected chi connectivity index (χ0v) is 11.4. The Labute approximate surface area is 114 Å². The predicted octanol–water partition coefficient (Wildman–Crippen LogP) is 2.33. The molecule has 2 N–H and O–H groups in total. The highest BCUT2D eigenvalue weighted by Gasteiger charge is 2.15. The monoisotopic (exact) mass is 262 g/mol. The van der Waals surface area contributed by atoms with Crippen molar-refractivity contribution < 1.29 is 9.90 Å². The summed E-state index contributed by atoms with van der Waals surface area (Å²) in [6.07, 6.45) is 3.50. The van der Waals surface area contributed by atoms with Gasteiger partial charge in [-0.25, -0.2) is 4.79 Å². The maximum atomic E-state index is 12.0. The second-order valence-corrected chi connectivity index (χ2v) is 4.42. The number of benzene rings is 1. The smallest absolute Gasteiger partial charge is 0.317 e. The average molecular weight is 262 g/mol. The molecule has 1 aromatic rings. The molecule has 0 aliphatic rings. The zero-order chi connectivity index (χ0) is 14.1. The van der Waals surface area contributed by atoms with Gasteiger partial charge in [-0.3, -0.25) is 0 Å². The van der Waals surface area contributed by atoms with Crippen LogP contribution >= 0.6 is 0 Å². The van der Waals surface area contributed by atoms with Crippen molar-refractivity contribution in [1.29, 1.82) is 0 Å². The van der Waals surface area contributed by atoms with Crippen molar-refractivity contribution in [2.24, 2.45) is 0 Å². The molecular weight excluding hydrogens is 240 g/mol. The van der Waals surface area contributed by atoms with Gasteiger partial charge in [0.15, 0.2) is 0 Å². The summed E-state index contributed by atoms with van der Waals surface area (Å²) in [5.41, 5.74) is 1.08. The number of likely N-dealkylation sites (N-methyl/N-ethyl adjacent to an activating group) is 1. The molecule has 19 heavy (non-hydrogen) atoms. The van der Waals surface area contributed by atoms with E-state index in [1.54, 1.807) is 7.05 Å². The molecule has 1 rings (SSSR count). The third-order valence-electron chi connectivity index (χ3n) is 2.94. The van der Waals surface area contributed by atoms with Crippen molar-refractivity contribution in [2.45, 2.75) is 18.9 Å². The SMILES string of the molecule is C=CCCC(NC(=O)N(C)CCO)c1ccccc1. The Morgan fingerprint density at radius 3 is 2.74 bits per heavy atom. The van der Waals surface area contributed by atoms with Crippen molar-refractivity contribution in [1.82, 2.24) is 10.2 Å². The van der Waals surface area contributed by atoms with E-state index in [0.717, 1.165) is 18.4 Å². The molecule has 1 atom stereocenters. The van der Waals surface area contributed by atoms with Crippen LogP contribution in [0.4, 0.5) is 4.79 Å². The van der Waals surface area contributed by atoms with E-state index in [-0.39, 0.29) is 18.7 Å². The quantitative estimate of drug-likeness (QED) is 0.741. The fourth-order valence-corrected chi connectivity index (χ4v) is 1.80. The highest BCUT2D eigenvalue weighted by atomic mass is 16.3. The highest BCUT2D eigenvalue weighted by Crippen LogP contribution is 2.18. The molecule has 0 aliphatic heterocycles. The van der Waals surface area contributed by atoms with E-state index < -0.39 is 0 Å². The van der Waals surface area contributed by atoms with Gasteiger partial charge < -0.3 is 15.3 Å². The van der Waals surface area contributed by atoms with E-state index in [0.29, 0.717) is 6.54 Å². The molecule has 1 unspecified atom stereocenters. The second-order valence-electron chi connectivity index (χ2n) is 4.42. The molecule has 0 fully saturated rings. The number of amides is 2. The van der Waals surface area contributed by atoms with E-state index in [9.17, 15) is 4.79 Å². The van der Waals surface area contributed by atoms with Crippen LogP contribution in [-0.4, -0.2) is 36.2 Å². The average Bonchev–Trinajstić information content (AvgIpc) is 2.44. The van der Waals surface area contributed by atoms with Crippen LogP contribution in [0.15, 0.2) is 43.0 Å². The van der Waals surface area contributed by atoms with Crippen LogP contribution in [0.1, 0.15) is 24.4 Å². The second kappa shape index (κ2) is 8.32. The maximum absolute atomic E-state index is 12.0. The summed E-state index contributed by atoms with van der Waals surface area (Å²) >= 11 is 0. The Morgan fingerprint density at radius 1 is 1.47 bits per heavy atom. The van der Waals surface area contributed by atoms with E-state index in [1.807, 2.05) is 36.4 Å². The topological polar surface area (TPSA) is 52.6 Å². The number of aliphatic hydroxyl groups is 1. The Morgan fingerprint density at radius 2 is 2.16 bits per heavy atom. The number of carbonyl (C=O) groups excluding carboxylic acids is 1. The van der Waals surface area contributed by atoms with Crippen LogP contribution in [0.2, 0.25) is 0 Å². The predicted molar refractivity (Wildman–Crippen MR) is 76.9 cm³/mol. The first kappa shape index (κ1) is 15.2. The number of nitrogens with zero attached hydrogens (tertiary/aromatic N) is 1. The fraction of sp³-hybridized carbons (Fsp3) is 0.400. The summed E-state index contributed by atoms with van der Waals surface area (Å²) in [5.74, 6) is 0. The molecule has 0 aromatic heterocycles. The largest absolute Gasteiger partial charge is 0.395 e. The highest BCUT2D eigenvalue weighted by molar-refractivity contribution is 5.74. The first-order valence-electron chi connectivity index (χ1n) is 6.47. The first-order chi connectivity index (χ1) is 9.19. The van der Waals surface area contributed by atoms with E-state index in [4.69, 9.17) is 5.11 Å². The number of nitrogens with one attached hydrogen (secondary N) is 1. The van der Waals surface area contributed by atoms with E-state index >= 15 is 0 Å². The third kappa shape index (κ3) is 5.14. The molecule has 0 heterocycles. The molecule has 4 nitrogen and oxygen atoms in total. The van der Waals surface area contributed by atoms with Crippen LogP contribution in [0.3, 0.4) is 0 Å². The number of rotatable bonds is 7. The number of urea groups is 1. The van der Waals surface area contributed by atoms with Gasteiger partial charge in [-0.15, -0.1) is 6.58 Å². The molecular formula is C15H22N2O2. The molecule has 0 bridgehead atoms. The minimum Gasteiger partial charge on any atom is -0.395 e. The maximum Gasteiger partial charge on any atom is 0.317 e. The number of aliphatic hydroxyl groups excluding tert-OH is 1. The van der Waals surface area contributed by atoms with Crippen LogP contribution in [0, 0.1) is 0 Å². The Balaban J connectivity index is 2.69. The van der Waals surface area contributed by atoms with Gasteiger partial charge in [0, 0.05) is 13.6 Å². The summed E-state index contributed by atoms with van der Waals surface area (Å²) in [5, 5.41) is 11.8. The van der Waals surface area contributed by atoms with Gasteiger partial charge in [0.2, 0.25) is 0 Å². The van der Waals surface area contributed by atoms with Gasteiger partial charge >= 0.3 is 6.03 Å². The van der Waals surface area contributed by atoms with Crippen molar-refractivity contribution in [3.63, 3.8) is 0 Å². The Hall–Kier alpha value is -1.81. The number of allylic oxidation sites excluding steroid dienone is 1. The number of hydrogen-bond donors (Lipinski definition) is 2. The molecule has 0 saturated carbocycles. The van der Waals surface area contributed by atoms with Crippen LogP contribution in [0.25, 0.3) is 0 Å². The summed E-state index contributed by atoms with van der Waals surface area (Å²) in [7, 11) is 1.67. The molecule has 0 spiro atoms. The number of hydrogen-bond acceptors (Lipinski definition) is 2. The molecule has 2 amide bonds. The van der Waals surface area contributed by atoms with Gasteiger partial charge in [0.25, 0.3) is 0 Å². The number of carbonyl (C=O) groups is 1. The van der Waals surface area contributed by atoms with Crippen molar-refractivity contribution >= 4 is 6.03 Å². The van der Waals surface area contributed by atoms with E-state index in [1.165, 1.54) is 4.90 Å². The standard InChI is InChI=1S/C15H22N2O2/c1-3-4-10-14(13-8-6-5-7-9-13)16-15(19)17(2)11-12-18/h3,5-9,14,18H,1,4,10-12H2,2H3,(H,16,19). The van der Waals surface area contributed by atoms with Crippen molar-refractivity contribution in [3.05, 3.63) is 48.6 Å². The van der Waals surface area contributed by atoms with Gasteiger partial charge in [-0.1, -0.05) is 36.4 Å². The minimum absolute atomic E-state index is 0.0344. The summed E-state index contributed by atoms with van der Waals surface area (Å²) in [4.78, 5) is 13.4. The Kier molecular flexibility index (Phi) is 6.68. The van der Waals surface area contributed by atoms with Crippen LogP contribution < -0.4 is 5.32 Å². The normalized spacial score (nSPS) is 11.7. The third-order valence-corrected chi connectivity index (χ3v) is 2.94. The lowest BCUT2D eigenvalue weighted by molar-refractivity contribution is 0.186. The molecule has 4 heteroatoms. The summed E-state index contributed by atoms with van der Waals surface area (Å²) in [6, 6.07) is 9.66. The molecule has 1 aromatic carbocycles. The van der Waals surface area contributed by atoms with Crippen LogP contribution in [0.5, 0.6) is 0 Å². The summed E-state index contributed by atoms with van der Waals surface area (Å²) < 4.78 is 0. The Bertz CT molecular complexity index is 392. The fourth-order valence-electron chi connectivity index (χ4n) is 1.80. The van der Waals surface area contributed by atoms with Gasteiger partial charge in [-0.05, 0) is 18.4 Å². The zero-order valence-electron chi connectivity index (χ0n) is 11.4. The lowest BCUT2D eigenvalue weighted by atomic mass is 10.0. The van der Waals surface area contributed by atoms with Gasteiger partial charge in [0.1, 0.15) is 0 Å². The van der Waals surface area contributed by atoms with Crippen LogP contribution in [-0.2, 0) is 0 Å². The van der Waals surface area contributed by atoms with Crippen molar-refractivity contribution in [2.75, 3.05) is 20.2 Å². The lowest BCUT2D eigenvalue weighted by Gasteiger charge is -2.23. The molecule has 0 radical (unpaired) electrons. The van der Waals surface area contributed by atoms with Crippen molar-refractivity contribution in [3.8, 4) is 0 Å². The molecule has 104 valence electrons.